The van der Waals surface area contributed by atoms with Crippen LogP contribution in [0.4, 0.5) is 0 Å². The molecule has 0 bridgehead atoms. The summed E-state index contributed by atoms with van der Waals surface area (Å²) in [6.07, 6.45) is 0.256. The van der Waals surface area contributed by atoms with E-state index in [1.165, 1.54) is 0 Å². The molecule has 0 spiro atoms. The number of Topliss-reactive ketones (excluding diaryl/α,β-unsaturated/α-hetero) is 1. The number of ether oxygens (including phenoxy) is 1. The number of hydrogen-bond acceptors (Lipinski definition) is 4. The van der Waals surface area contributed by atoms with Crippen LogP contribution in [-0.4, -0.2) is 38.9 Å². The molecule has 98 valence electrons. The molecule has 0 aromatic rings. The molecule has 0 unspecified atom stereocenters. The summed E-state index contributed by atoms with van der Waals surface area (Å²) in [5.41, 5.74) is 5.35. The van der Waals surface area contributed by atoms with E-state index in [0.717, 1.165) is 0 Å². The normalized spacial score (nSPS) is 16.4. The first-order valence-corrected chi connectivity index (χ1v) is 5.37. The van der Waals surface area contributed by atoms with E-state index in [9.17, 15) is 14.4 Å². The van der Waals surface area contributed by atoms with Crippen molar-refractivity contribution >= 4 is 23.4 Å². The fourth-order valence-corrected chi connectivity index (χ4v) is 1.40. The Kier molecular flexibility index (Phi) is 3.39. The number of carbonyl (C=O) groups is 3. The Labute approximate surface area is 103 Å². The van der Waals surface area contributed by atoms with E-state index in [-0.39, 0.29) is 12.8 Å². The van der Waals surface area contributed by atoms with Crippen molar-refractivity contribution in [3.8, 4) is 0 Å². The lowest BCUT2D eigenvalue weighted by Gasteiger charge is -2.17. The number of hydrogen-bond donors (Lipinski definition) is 1. The molecule has 1 fully saturated rings. The second-order valence-corrected chi connectivity index (χ2v) is 5.17. The molecule has 0 saturated heterocycles. The lowest BCUT2D eigenvalue weighted by atomic mass is 9.97. The monoisotopic (exact) mass is 254 g/mol. The van der Waals surface area contributed by atoms with Gasteiger partial charge in [0, 0.05) is 0 Å². The maximum Gasteiger partial charge on any atom is 0.442 e. The van der Waals surface area contributed by atoms with Crippen LogP contribution in [0.3, 0.4) is 0 Å². The largest absolute Gasteiger partial charge is 0.480 e. The Morgan fingerprint density at radius 2 is 1.78 bits per heavy atom. The van der Waals surface area contributed by atoms with Crippen molar-refractivity contribution in [3.63, 3.8) is 0 Å². The molecule has 0 amide bonds. The summed E-state index contributed by atoms with van der Waals surface area (Å²) in [6, 6.07) is 0. The number of aliphatic carboxylic acids is 1. The maximum atomic E-state index is 11.9. The summed E-state index contributed by atoms with van der Waals surface area (Å²) < 4.78 is 4.87. The molecule has 1 N–H and O–H groups in total. The zero-order valence-electron chi connectivity index (χ0n) is 10.4. The topological polar surface area (TPSA) is 117 Å². The molecule has 0 atom stereocenters. The van der Waals surface area contributed by atoms with E-state index in [1.807, 2.05) is 0 Å². The smallest absolute Gasteiger partial charge is 0.442 e. The molecule has 1 aliphatic rings. The third-order valence-electron chi connectivity index (χ3n) is 2.50. The average Bonchev–Trinajstić information content (AvgIpc) is 2.95. The van der Waals surface area contributed by atoms with Gasteiger partial charge in [-0.15, -0.1) is 0 Å². The van der Waals surface area contributed by atoms with Crippen LogP contribution in [0.5, 0.6) is 0 Å². The Bertz CT molecular complexity index is 464. The first kappa shape index (κ1) is 14.1. The second-order valence-electron chi connectivity index (χ2n) is 5.17. The van der Waals surface area contributed by atoms with E-state index in [0.29, 0.717) is 0 Å². The van der Waals surface area contributed by atoms with E-state index in [2.05, 4.69) is 4.79 Å². The number of rotatable bonds is 4. The minimum atomic E-state index is -1.63. The Hall–Kier alpha value is -2.01. The van der Waals surface area contributed by atoms with Crippen molar-refractivity contribution in [2.75, 3.05) is 0 Å². The van der Waals surface area contributed by atoms with Crippen LogP contribution in [0.15, 0.2) is 0 Å². The molecule has 1 aliphatic carbocycles. The highest BCUT2D eigenvalue weighted by molar-refractivity contribution is 6.65. The van der Waals surface area contributed by atoms with Crippen LogP contribution in [0.2, 0.25) is 0 Å². The van der Waals surface area contributed by atoms with Gasteiger partial charge in [-0.05, 0) is 33.6 Å². The standard InChI is InChI=1S/C11H14N2O5/c1-10(2,3)18-8(15)6(13-12)7(14)11(4-5-11)9(16)17/h4-5H2,1-3H3,(H,16,17). The van der Waals surface area contributed by atoms with E-state index < -0.39 is 34.4 Å². The van der Waals surface area contributed by atoms with Crippen molar-refractivity contribution in [2.45, 2.75) is 39.2 Å². The van der Waals surface area contributed by atoms with Crippen molar-refractivity contribution < 1.29 is 29.0 Å². The van der Waals surface area contributed by atoms with Crippen LogP contribution >= 0.6 is 0 Å². The van der Waals surface area contributed by atoms with Crippen LogP contribution in [0, 0.1) is 5.41 Å². The molecule has 7 heteroatoms. The van der Waals surface area contributed by atoms with E-state index in [1.54, 1.807) is 20.8 Å². The number of esters is 1. The van der Waals surface area contributed by atoms with Crippen molar-refractivity contribution in [1.82, 2.24) is 0 Å². The Morgan fingerprint density at radius 3 is 2.06 bits per heavy atom. The third kappa shape index (κ3) is 2.62. The van der Waals surface area contributed by atoms with E-state index >= 15 is 0 Å². The van der Waals surface area contributed by atoms with E-state index in [4.69, 9.17) is 15.4 Å². The molecule has 7 nitrogen and oxygen atoms in total. The highest BCUT2D eigenvalue weighted by Gasteiger charge is 2.62. The SMILES string of the molecule is CC(C)(C)OC(=O)C(=[N+]=[N-])C(=O)C1(C(=O)O)CC1. The van der Waals surface area contributed by atoms with Gasteiger partial charge in [0.05, 0.1) is 0 Å². The highest BCUT2D eigenvalue weighted by atomic mass is 16.6. The van der Waals surface area contributed by atoms with Gasteiger partial charge in [-0.3, -0.25) is 9.59 Å². The van der Waals surface area contributed by atoms with Gasteiger partial charge in [0.15, 0.2) is 0 Å². The molecule has 0 aromatic heterocycles. The summed E-state index contributed by atoms with van der Waals surface area (Å²) in [6.45, 7) is 4.73. The molecule has 1 rings (SSSR count). The first-order valence-electron chi connectivity index (χ1n) is 5.37. The number of carboxylic acid groups (broad SMARTS) is 1. The lowest BCUT2D eigenvalue weighted by molar-refractivity contribution is -0.153. The fraction of sp³-hybridized carbons (Fsp3) is 0.636. The molecular formula is C11H14N2O5. The van der Waals surface area contributed by atoms with Gasteiger partial charge in [0.1, 0.15) is 11.0 Å². The third-order valence-corrected chi connectivity index (χ3v) is 2.50. The lowest BCUT2D eigenvalue weighted by Crippen LogP contribution is -2.40. The molecule has 18 heavy (non-hydrogen) atoms. The molecule has 0 aliphatic heterocycles. The zero-order chi connectivity index (χ0) is 14.1. The van der Waals surface area contributed by atoms with Crippen LogP contribution in [0.25, 0.3) is 5.53 Å². The van der Waals surface area contributed by atoms with Crippen LogP contribution in [-0.2, 0) is 19.1 Å². The molecular weight excluding hydrogens is 240 g/mol. The van der Waals surface area contributed by atoms with Crippen LogP contribution < -0.4 is 0 Å². The summed E-state index contributed by atoms with van der Waals surface area (Å²) in [7, 11) is 0. The summed E-state index contributed by atoms with van der Waals surface area (Å²) >= 11 is 0. The quantitative estimate of drug-likeness (QED) is 0.257. The maximum absolute atomic E-state index is 11.9. The molecule has 0 aromatic carbocycles. The summed E-state index contributed by atoms with van der Waals surface area (Å²) in [5, 5.41) is 8.92. The van der Waals surface area contributed by atoms with Gasteiger partial charge in [0.25, 0.3) is 5.78 Å². The van der Waals surface area contributed by atoms with Gasteiger partial charge in [-0.2, -0.15) is 4.79 Å². The van der Waals surface area contributed by atoms with Gasteiger partial charge in [0.2, 0.25) is 0 Å². The summed E-state index contributed by atoms with van der Waals surface area (Å²) in [4.78, 5) is 37.0. The number of carbonyl (C=O) groups excluding carboxylic acids is 2. The molecule has 0 heterocycles. The van der Waals surface area contributed by atoms with Crippen LogP contribution in [0.1, 0.15) is 33.6 Å². The highest BCUT2D eigenvalue weighted by Crippen LogP contribution is 2.47. The molecule has 1 saturated carbocycles. The van der Waals surface area contributed by atoms with Crippen molar-refractivity contribution in [2.24, 2.45) is 5.41 Å². The minimum Gasteiger partial charge on any atom is -0.480 e. The molecule has 0 radical (unpaired) electrons. The van der Waals surface area contributed by atoms with Gasteiger partial charge in [-0.25, -0.2) is 4.79 Å². The van der Waals surface area contributed by atoms with Gasteiger partial charge in [-0.1, -0.05) is 0 Å². The number of nitrogens with zero attached hydrogens (tertiary/aromatic N) is 2. The van der Waals surface area contributed by atoms with Gasteiger partial charge >= 0.3 is 17.7 Å². The average molecular weight is 254 g/mol. The van der Waals surface area contributed by atoms with Crippen molar-refractivity contribution in [1.29, 1.82) is 0 Å². The van der Waals surface area contributed by atoms with Crippen molar-refractivity contribution in [3.05, 3.63) is 5.53 Å². The minimum absolute atomic E-state index is 0.128. The summed E-state index contributed by atoms with van der Waals surface area (Å²) in [5.74, 6) is -3.45. The zero-order valence-corrected chi connectivity index (χ0v) is 10.4. The second kappa shape index (κ2) is 4.34. The fourth-order valence-electron chi connectivity index (χ4n) is 1.40. The predicted octanol–water partition coefficient (Wildman–Crippen LogP) is 0.433. The Morgan fingerprint density at radius 1 is 1.28 bits per heavy atom. The van der Waals surface area contributed by atoms with Gasteiger partial charge < -0.3 is 15.4 Å². The number of carboxylic acids is 1. The Balaban J connectivity index is 2.94. The predicted molar refractivity (Wildman–Crippen MR) is 58.8 cm³/mol. The number of ketones is 1. The first-order chi connectivity index (χ1) is 8.14.